The molecule has 2 N–H and O–H groups in total. The maximum Gasteiger partial charge on any atom is 0.0586 e. The molecular weight excluding hydrogens is 260 g/mol. The molecule has 1 atom stereocenters. The monoisotopic (exact) mass is 296 g/mol. The lowest BCUT2D eigenvalue weighted by Gasteiger charge is -2.43. The average Bonchev–Trinajstić information content (AvgIpc) is 2.71. The van der Waals surface area contributed by atoms with Crippen LogP contribution in [-0.4, -0.2) is 48.3 Å². The number of nitrogens with one attached hydrogen (secondary N) is 1. The summed E-state index contributed by atoms with van der Waals surface area (Å²) in [7, 11) is 0. The van der Waals surface area contributed by atoms with E-state index in [9.17, 15) is 5.11 Å². The van der Waals surface area contributed by atoms with Gasteiger partial charge in [-0.15, -0.1) is 0 Å². The Labute approximate surface area is 131 Å². The van der Waals surface area contributed by atoms with Crippen LogP contribution in [0.4, 0.5) is 0 Å². The highest BCUT2D eigenvalue weighted by molar-refractivity contribution is 4.90. The van der Waals surface area contributed by atoms with Gasteiger partial charge in [0.05, 0.1) is 6.61 Å². The fourth-order valence-electron chi connectivity index (χ4n) is 4.20. The van der Waals surface area contributed by atoms with E-state index < -0.39 is 0 Å². The van der Waals surface area contributed by atoms with Crippen molar-refractivity contribution >= 4 is 0 Å². The molecule has 1 saturated heterocycles. The fourth-order valence-corrected chi connectivity index (χ4v) is 4.20. The maximum absolute atomic E-state index is 9.76. The van der Waals surface area contributed by atoms with Gasteiger partial charge >= 0.3 is 0 Å². The number of nitrogens with zero attached hydrogens (tertiary/aromatic N) is 1. The van der Waals surface area contributed by atoms with Gasteiger partial charge in [0, 0.05) is 25.2 Å². The second-order valence-electron chi connectivity index (χ2n) is 7.75. The van der Waals surface area contributed by atoms with Gasteiger partial charge in [-0.25, -0.2) is 0 Å². The molecule has 0 aromatic heterocycles. The molecule has 0 bridgehead atoms. The smallest absolute Gasteiger partial charge is 0.0586 e. The second-order valence-corrected chi connectivity index (χ2v) is 7.75. The van der Waals surface area contributed by atoms with E-state index >= 15 is 0 Å². The molecule has 2 fully saturated rings. The molecule has 3 heteroatoms. The van der Waals surface area contributed by atoms with Gasteiger partial charge in [-0.05, 0) is 37.6 Å². The van der Waals surface area contributed by atoms with Gasteiger partial charge in [0.25, 0.3) is 0 Å². The minimum absolute atomic E-state index is 0.341. The first-order valence-electron chi connectivity index (χ1n) is 9.23. The molecule has 2 aliphatic rings. The molecule has 124 valence electrons. The summed E-state index contributed by atoms with van der Waals surface area (Å²) in [5.74, 6) is 0. The highest BCUT2D eigenvalue weighted by atomic mass is 16.3. The third-order valence-corrected chi connectivity index (χ3v) is 5.55. The molecule has 21 heavy (non-hydrogen) atoms. The molecule has 1 aliphatic heterocycles. The Balaban J connectivity index is 2.01. The van der Waals surface area contributed by atoms with E-state index in [1.807, 2.05) is 0 Å². The van der Waals surface area contributed by atoms with Crippen molar-refractivity contribution in [3.8, 4) is 0 Å². The molecule has 3 nitrogen and oxygen atoms in total. The van der Waals surface area contributed by atoms with Crippen LogP contribution in [0.1, 0.15) is 71.6 Å². The van der Waals surface area contributed by atoms with Crippen molar-refractivity contribution in [3.05, 3.63) is 0 Å². The van der Waals surface area contributed by atoms with Crippen molar-refractivity contribution < 1.29 is 5.11 Å². The number of aliphatic hydroxyl groups is 1. The lowest BCUT2D eigenvalue weighted by atomic mass is 9.73. The van der Waals surface area contributed by atoms with Crippen molar-refractivity contribution in [1.29, 1.82) is 0 Å². The zero-order valence-corrected chi connectivity index (χ0v) is 14.2. The van der Waals surface area contributed by atoms with Gasteiger partial charge in [-0.2, -0.15) is 0 Å². The van der Waals surface area contributed by atoms with E-state index in [1.54, 1.807) is 0 Å². The molecule has 2 rings (SSSR count). The zero-order valence-electron chi connectivity index (χ0n) is 14.2. The number of rotatable bonds is 6. The first-order valence-corrected chi connectivity index (χ1v) is 9.23. The average molecular weight is 296 g/mol. The van der Waals surface area contributed by atoms with Crippen LogP contribution in [0.25, 0.3) is 0 Å². The predicted molar refractivity (Wildman–Crippen MR) is 89.6 cm³/mol. The fraction of sp³-hybridized carbons (Fsp3) is 1.00. The van der Waals surface area contributed by atoms with Crippen LogP contribution in [0.5, 0.6) is 0 Å². The molecule has 0 radical (unpaired) electrons. The Morgan fingerprint density at radius 2 is 1.81 bits per heavy atom. The van der Waals surface area contributed by atoms with Crippen LogP contribution in [-0.2, 0) is 0 Å². The van der Waals surface area contributed by atoms with Gasteiger partial charge in [0.15, 0.2) is 0 Å². The lowest BCUT2D eigenvalue weighted by Crippen LogP contribution is -2.50. The Bertz CT molecular complexity index is 287. The van der Waals surface area contributed by atoms with Crippen molar-refractivity contribution in [2.24, 2.45) is 5.41 Å². The third-order valence-electron chi connectivity index (χ3n) is 5.55. The lowest BCUT2D eigenvalue weighted by molar-refractivity contribution is 0.0514. The number of aliphatic hydroxyl groups excluding tert-OH is 1. The summed E-state index contributed by atoms with van der Waals surface area (Å²) in [6.45, 7) is 8.37. The zero-order chi connectivity index (χ0) is 15.1. The summed E-state index contributed by atoms with van der Waals surface area (Å²) in [5, 5.41) is 13.5. The van der Waals surface area contributed by atoms with E-state index in [4.69, 9.17) is 0 Å². The summed E-state index contributed by atoms with van der Waals surface area (Å²) in [6.07, 6.45) is 12.0. The SMILES string of the molecule is CC(C)NCC1(CN2CCCCCC2CO)CCCCC1. The van der Waals surface area contributed by atoms with E-state index in [2.05, 4.69) is 24.1 Å². The molecule has 1 unspecified atom stereocenters. The highest BCUT2D eigenvalue weighted by Gasteiger charge is 2.35. The van der Waals surface area contributed by atoms with Crippen molar-refractivity contribution in [1.82, 2.24) is 10.2 Å². The Morgan fingerprint density at radius 1 is 1.10 bits per heavy atom. The molecule has 1 saturated carbocycles. The second kappa shape index (κ2) is 8.50. The van der Waals surface area contributed by atoms with Crippen molar-refractivity contribution in [3.63, 3.8) is 0 Å². The summed E-state index contributed by atoms with van der Waals surface area (Å²) in [4.78, 5) is 2.63. The minimum Gasteiger partial charge on any atom is -0.395 e. The van der Waals surface area contributed by atoms with Crippen molar-refractivity contribution in [2.45, 2.75) is 83.7 Å². The maximum atomic E-state index is 9.76. The molecule has 1 aliphatic carbocycles. The quantitative estimate of drug-likeness (QED) is 0.790. The normalized spacial score (nSPS) is 27.7. The van der Waals surface area contributed by atoms with Crippen LogP contribution in [0.15, 0.2) is 0 Å². The number of hydrogen-bond donors (Lipinski definition) is 2. The van der Waals surface area contributed by atoms with Crippen molar-refractivity contribution in [2.75, 3.05) is 26.2 Å². The van der Waals surface area contributed by atoms with Gasteiger partial charge in [0.1, 0.15) is 0 Å². The summed E-state index contributed by atoms with van der Waals surface area (Å²) < 4.78 is 0. The minimum atomic E-state index is 0.341. The van der Waals surface area contributed by atoms with Gasteiger partial charge < -0.3 is 10.4 Å². The van der Waals surface area contributed by atoms with Crippen LogP contribution in [0.2, 0.25) is 0 Å². The Kier molecular flexibility index (Phi) is 6.97. The molecular formula is C18H36N2O. The summed E-state index contributed by atoms with van der Waals surface area (Å²) >= 11 is 0. The Morgan fingerprint density at radius 3 is 2.48 bits per heavy atom. The predicted octanol–water partition coefficient (Wildman–Crippen LogP) is 3.17. The first-order chi connectivity index (χ1) is 10.2. The molecule has 0 amide bonds. The van der Waals surface area contributed by atoms with Gasteiger partial charge in [-0.3, -0.25) is 4.90 Å². The van der Waals surface area contributed by atoms with Crippen LogP contribution >= 0.6 is 0 Å². The van der Waals surface area contributed by atoms with Crippen LogP contribution in [0, 0.1) is 5.41 Å². The first kappa shape index (κ1) is 17.2. The third kappa shape index (κ3) is 5.22. The largest absolute Gasteiger partial charge is 0.395 e. The highest BCUT2D eigenvalue weighted by Crippen LogP contribution is 2.37. The number of hydrogen-bond acceptors (Lipinski definition) is 3. The standard InChI is InChI=1S/C18H36N2O/c1-16(2)19-14-18(10-6-4-7-11-18)15-20-12-8-3-5-9-17(20)13-21/h16-17,19,21H,3-15H2,1-2H3. The number of likely N-dealkylation sites (tertiary alicyclic amines) is 1. The van der Waals surface area contributed by atoms with E-state index in [0.29, 0.717) is 24.1 Å². The van der Waals surface area contributed by atoms with Gasteiger partial charge in [-0.1, -0.05) is 46.0 Å². The van der Waals surface area contributed by atoms with Crippen LogP contribution in [0.3, 0.4) is 0 Å². The van der Waals surface area contributed by atoms with E-state index in [1.165, 1.54) is 70.9 Å². The molecule has 0 aromatic carbocycles. The molecule has 0 spiro atoms. The van der Waals surface area contributed by atoms with E-state index in [0.717, 1.165) is 6.54 Å². The van der Waals surface area contributed by atoms with Crippen LogP contribution < -0.4 is 5.32 Å². The van der Waals surface area contributed by atoms with E-state index in [-0.39, 0.29) is 0 Å². The summed E-state index contributed by atoms with van der Waals surface area (Å²) in [5.41, 5.74) is 0.445. The topological polar surface area (TPSA) is 35.5 Å². The molecule has 1 heterocycles. The molecule has 0 aromatic rings. The summed E-state index contributed by atoms with van der Waals surface area (Å²) in [6, 6.07) is 0.979. The van der Waals surface area contributed by atoms with Gasteiger partial charge in [0.2, 0.25) is 0 Å². The Hall–Kier alpha value is -0.120.